The minimum atomic E-state index is -1.01. The molecule has 0 spiro atoms. The Kier molecular flexibility index (Phi) is 4.32. The number of carboxylic acids is 1. The molecule has 6 nitrogen and oxygen atoms in total. The molecule has 0 radical (unpaired) electrons. The molecule has 0 amide bonds. The zero-order valence-corrected chi connectivity index (χ0v) is 12.9. The first-order valence-corrected chi connectivity index (χ1v) is 6.84. The number of carbonyl (C=O) groups is 1. The SMILES string of the molecule is COc1cc(-c2nc(C)sc2C(=O)O)cc(OC)c1OC. The first-order valence-electron chi connectivity index (χ1n) is 6.03. The van der Waals surface area contributed by atoms with Gasteiger partial charge in [0.1, 0.15) is 4.88 Å². The van der Waals surface area contributed by atoms with Crippen LogP contribution in [0.3, 0.4) is 0 Å². The Labute approximate surface area is 125 Å². The number of rotatable bonds is 5. The van der Waals surface area contributed by atoms with E-state index >= 15 is 0 Å². The van der Waals surface area contributed by atoms with E-state index in [9.17, 15) is 9.90 Å². The van der Waals surface area contributed by atoms with Crippen LogP contribution in [0.4, 0.5) is 0 Å². The Bertz CT molecular complexity index is 655. The van der Waals surface area contributed by atoms with Gasteiger partial charge in [0.25, 0.3) is 0 Å². The molecule has 1 aromatic carbocycles. The second-order valence-corrected chi connectivity index (χ2v) is 5.33. The highest BCUT2D eigenvalue weighted by atomic mass is 32.1. The molecule has 1 aromatic heterocycles. The third-order valence-electron chi connectivity index (χ3n) is 2.87. The van der Waals surface area contributed by atoms with Crippen LogP contribution in [0.25, 0.3) is 11.3 Å². The normalized spacial score (nSPS) is 10.3. The second kappa shape index (κ2) is 6.01. The van der Waals surface area contributed by atoms with Gasteiger partial charge in [-0.05, 0) is 19.1 Å². The van der Waals surface area contributed by atoms with Crippen molar-refractivity contribution in [3.05, 3.63) is 22.0 Å². The van der Waals surface area contributed by atoms with Gasteiger partial charge in [-0.3, -0.25) is 0 Å². The Morgan fingerprint density at radius 2 is 1.71 bits per heavy atom. The number of aromatic carboxylic acids is 1. The van der Waals surface area contributed by atoms with Gasteiger partial charge in [-0.15, -0.1) is 11.3 Å². The lowest BCUT2D eigenvalue weighted by atomic mass is 10.1. The zero-order chi connectivity index (χ0) is 15.6. The monoisotopic (exact) mass is 309 g/mol. The van der Waals surface area contributed by atoms with Crippen LogP contribution >= 0.6 is 11.3 Å². The summed E-state index contributed by atoms with van der Waals surface area (Å²) < 4.78 is 15.8. The van der Waals surface area contributed by atoms with Crippen molar-refractivity contribution in [3.63, 3.8) is 0 Å². The highest BCUT2D eigenvalue weighted by Crippen LogP contribution is 2.42. The van der Waals surface area contributed by atoms with E-state index in [2.05, 4.69) is 4.98 Å². The van der Waals surface area contributed by atoms with Crippen LogP contribution in [-0.2, 0) is 0 Å². The van der Waals surface area contributed by atoms with Crippen molar-refractivity contribution in [2.24, 2.45) is 0 Å². The molecular formula is C14H15NO5S. The van der Waals surface area contributed by atoms with E-state index in [-0.39, 0.29) is 4.88 Å². The summed E-state index contributed by atoms with van der Waals surface area (Å²) in [6, 6.07) is 3.37. The van der Waals surface area contributed by atoms with Gasteiger partial charge in [0, 0.05) is 5.56 Å². The fourth-order valence-corrected chi connectivity index (χ4v) is 2.77. The average molecular weight is 309 g/mol. The predicted octanol–water partition coefficient (Wildman–Crippen LogP) is 2.84. The van der Waals surface area contributed by atoms with Crippen LogP contribution in [-0.4, -0.2) is 37.4 Å². The standard InChI is InChI=1S/C14H15NO5S/c1-7-15-11(13(21-7)14(16)17)8-5-9(18-2)12(20-4)10(6-8)19-3/h5-6H,1-4H3,(H,16,17). The number of aryl methyl sites for hydroxylation is 1. The largest absolute Gasteiger partial charge is 0.493 e. The number of benzene rings is 1. The zero-order valence-electron chi connectivity index (χ0n) is 12.1. The molecule has 0 bridgehead atoms. The van der Waals surface area contributed by atoms with Crippen molar-refractivity contribution in [1.82, 2.24) is 4.98 Å². The van der Waals surface area contributed by atoms with E-state index in [1.165, 1.54) is 21.3 Å². The third kappa shape index (κ3) is 2.78. The number of carboxylic acid groups (broad SMARTS) is 1. The average Bonchev–Trinajstić information content (AvgIpc) is 2.87. The lowest BCUT2D eigenvalue weighted by Gasteiger charge is -2.13. The number of nitrogens with zero attached hydrogens (tertiary/aromatic N) is 1. The van der Waals surface area contributed by atoms with Gasteiger partial charge in [0.15, 0.2) is 11.5 Å². The van der Waals surface area contributed by atoms with Crippen molar-refractivity contribution < 1.29 is 24.1 Å². The van der Waals surface area contributed by atoms with Crippen LogP contribution in [0.2, 0.25) is 0 Å². The maximum absolute atomic E-state index is 11.3. The molecule has 1 heterocycles. The minimum absolute atomic E-state index is 0.182. The Morgan fingerprint density at radius 1 is 1.14 bits per heavy atom. The summed E-state index contributed by atoms with van der Waals surface area (Å²) in [6.07, 6.45) is 0. The maximum Gasteiger partial charge on any atom is 0.348 e. The fourth-order valence-electron chi connectivity index (χ4n) is 1.99. The van der Waals surface area contributed by atoms with E-state index < -0.39 is 5.97 Å². The van der Waals surface area contributed by atoms with Gasteiger partial charge >= 0.3 is 5.97 Å². The first-order chi connectivity index (χ1) is 10.0. The van der Waals surface area contributed by atoms with Gasteiger partial charge in [-0.25, -0.2) is 9.78 Å². The number of methoxy groups -OCH3 is 3. The summed E-state index contributed by atoms with van der Waals surface area (Å²) in [6.45, 7) is 1.76. The van der Waals surface area contributed by atoms with E-state index in [4.69, 9.17) is 14.2 Å². The van der Waals surface area contributed by atoms with Crippen LogP contribution in [0.5, 0.6) is 17.2 Å². The quantitative estimate of drug-likeness (QED) is 0.915. The Hall–Kier alpha value is -2.28. The van der Waals surface area contributed by atoms with E-state index in [0.717, 1.165) is 11.3 Å². The smallest absolute Gasteiger partial charge is 0.348 e. The molecule has 0 aliphatic carbocycles. The number of hydrogen-bond acceptors (Lipinski definition) is 6. The van der Waals surface area contributed by atoms with E-state index in [0.29, 0.717) is 33.5 Å². The maximum atomic E-state index is 11.3. The molecule has 0 aliphatic rings. The van der Waals surface area contributed by atoms with Crippen molar-refractivity contribution in [2.75, 3.05) is 21.3 Å². The number of aromatic nitrogens is 1. The third-order valence-corrected chi connectivity index (χ3v) is 3.83. The molecular weight excluding hydrogens is 294 g/mol. The van der Waals surface area contributed by atoms with Crippen LogP contribution in [0.1, 0.15) is 14.7 Å². The summed E-state index contributed by atoms with van der Waals surface area (Å²) in [5, 5.41) is 9.95. The molecule has 2 rings (SSSR count). The van der Waals surface area contributed by atoms with Crippen molar-refractivity contribution in [1.29, 1.82) is 0 Å². The summed E-state index contributed by atoms with van der Waals surface area (Å²) >= 11 is 1.13. The molecule has 2 aromatic rings. The topological polar surface area (TPSA) is 77.9 Å². The van der Waals surface area contributed by atoms with Crippen LogP contribution in [0, 0.1) is 6.92 Å². The lowest BCUT2D eigenvalue weighted by Crippen LogP contribution is -1.98. The molecule has 7 heteroatoms. The summed E-state index contributed by atoms with van der Waals surface area (Å²) in [7, 11) is 4.52. The molecule has 1 N–H and O–H groups in total. The summed E-state index contributed by atoms with van der Waals surface area (Å²) in [4.78, 5) is 15.8. The van der Waals surface area contributed by atoms with Gasteiger partial charge in [-0.2, -0.15) is 0 Å². The molecule has 0 unspecified atom stereocenters. The number of ether oxygens (including phenoxy) is 3. The molecule has 21 heavy (non-hydrogen) atoms. The van der Waals surface area contributed by atoms with Crippen molar-refractivity contribution >= 4 is 17.3 Å². The van der Waals surface area contributed by atoms with E-state index in [1.54, 1.807) is 19.1 Å². The lowest BCUT2D eigenvalue weighted by molar-refractivity contribution is 0.0702. The number of hydrogen-bond donors (Lipinski definition) is 1. The summed E-state index contributed by atoms with van der Waals surface area (Å²) in [5.74, 6) is 0.347. The minimum Gasteiger partial charge on any atom is -0.493 e. The Morgan fingerprint density at radius 3 is 2.14 bits per heavy atom. The number of thiazole rings is 1. The van der Waals surface area contributed by atoms with Crippen molar-refractivity contribution in [3.8, 4) is 28.5 Å². The van der Waals surface area contributed by atoms with Gasteiger partial charge in [-0.1, -0.05) is 0 Å². The van der Waals surface area contributed by atoms with Gasteiger partial charge < -0.3 is 19.3 Å². The molecule has 0 atom stereocenters. The van der Waals surface area contributed by atoms with Crippen LogP contribution < -0.4 is 14.2 Å². The Balaban J connectivity index is 2.67. The molecule has 0 saturated carbocycles. The summed E-state index contributed by atoms with van der Waals surface area (Å²) in [5.41, 5.74) is 0.996. The second-order valence-electron chi connectivity index (χ2n) is 4.13. The van der Waals surface area contributed by atoms with Gasteiger partial charge in [0.2, 0.25) is 5.75 Å². The highest BCUT2D eigenvalue weighted by molar-refractivity contribution is 7.14. The molecule has 0 saturated heterocycles. The highest BCUT2D eigenvalue weighted by Gasteiger charge is 2.21. The fraction of sp³-hybridized carbons (Fsp3) is 0.286. The van der Waals surface area contributed by atoms with Crippen molar-refractivity contribution in [2.45, 2.75) is 6.92 Å². The van der Waals surface area contributed by atoms with Crippen LogP contribution in [0.15, 0.2) is 12.1 Å². The van der Waals surface area contributed by atoms with Gasteiger partial charge in [0.05, 0.1) is 32.0 Å². The molecule has 0 aliphatic heterocycles. The predicted molar refractivity (Wildman–Crippen MR) is 78.9 cm³/mol. The van der Waals surface area contributed by atoms with E-state index in [1.807, 2.05) is 0 Å². The molecule has 0 fully saturated rings. The first kappa shape index (κ1) is 15.1. The molecule has 112 valence electrons.